The molecule has 0 aliphatic rings. The number of fused-ring (bicyclic) bond motifs is 1. The molecule has 0 spiro atoms. The van der Waals surface area contributed by atoms with E-state index >= 15 is 0 Å². The van der Waals surface area contributed by atoms with Crippen LogP contribution in [0.3, 0.4) is 0 Å². The van der Waals surface area contributed by atoms with Crippen LogP contribution in [0.4, 0.5) is 0 Å². The Morgan fingerprint density at radius 2 is 0.621 bits per heavy atom. The lowest BCUT2D eigenvalue weighted by Crippen LogP contribution is -2.13. The van der Waals surface area contributed by atoms with Crippen LogP contribution >= 0.6 is 15.2 Å². The van der Waals surface area contributed by atoms with Crippen LogP contribution in [0, 0.1) is 0 Å². The fourth-order valence-electron chi connectivity index (χ4n) is 6.99. The fourth-order valence-corrected chi connectivity index (χ4v) is 8.26. The van der Waals surface area contributed by atoms with E-state index in [-0.39, 0.29) is 36.3 Å². The maximum atomic E-state index is 12.6. The number of hydrogen-bond donors (Lipinski definition) is 4. The lowest BCUT2D eigenvalue weighted by molar-refractivity contribution is -0.139. The van der Waals surface area contributed by atoms with Gasteiger partial charge in [-0.3, -0.25) is 18.7 Å². The molecular formula is C44H70O12P2. The van der Waals surface area contributed by atoms with Crippen LogP contribution in [0.15, 0.2) is 36.4 Å². The van der Waals surface area contributed by atoms with Gasteiger partial charge in [0, 0.05) is 25.2 Å². The number of carbonyl (C=O) groups is 4. The zero-order chi connectivity index (χ0) is 42.5. The Morgan fingerprint density at radius 1 is 0.379 bits per heavy atom. The molecule has 0 saturated heterocycles. The van der Waals surface area contributed by atoms with Crippen LogP contribution in [0.1, 0.15) is 200 Å². The lowest BCUT2D eigenvalue weighted by atomic mass is 10.0. The predicted octanol–water partition coefficient (Wildman–Crippen LogP) is 11.5. The van der Waals surface area contributed by atoms with Gasteiger partial charge in [0.05, 0.1) is 11.1 Å². The predicted molar refractivity (Wildman–Crippen MR) is 228 cm³/mol. The van der Waals surface area contributed by atoms with Crippen molar-refractivity contribution in [2.45, 2.75) is 180 Å². The molecule has 0 radical (unpaired) electrons. The molecule has 328 valence electrons. The van der Waals surface area contributed by atoms with E-state index in [1.165, 1.54) is 38.5 Å². The molecule has 4 N–H and O–H groups in total. The third-order valence-corrected chi connectivity index (χ3v) is 12.2. The second kappa shape index (κ2) is 30.3. The van der Waals surface area contributed by atoms with Crippen LogP contribution < -0.4 is 0 Å². The molecule has 14 heteroatoms. The summed E-state index contributed by atoms with van der Waals surface area (Å²) in [6, 6.07) is 9.61. The highest BCUT2D eigenvalue weighted by Crippen LogP contribution is 2.36. The van der Waals surface area contributed by atoms with Gasteiger partial charge in [0.25, 0.3) is 0 Å². The average Bonchev–Trinajstić information content (AvgIpc) is 3.16. The summed E-state index contributed by atoms with van der Waals surface area (Å²) >= 11 is 0. The maximum absolute atomic E-state index is 12.6. The number of unbranched alkanes of at least 4 members (excludes halogenated alkanes) is 24. The lowest BCUT2D eigenvalue weighted by Gasteiger charge is -2.07. The van der Waals surface area contributed by atoms with Gasteiger partial charge in [0.15, 0.2) is 0 Å². The number of rotatable bonds is 34. The molecule has 0 saturated carbocycles. The molecule has 0 aromatic heterocycles. The Balaban J connectivity index is 1.50. The second-order valence-corrected chi connectivity index (χ2v) is 19.3. The van der Waals surface area contributed by atoms with Gasteiger partial charge in [-0.25, -0.2) is 9.59 Å². The Bertz CT molecular complexity index is 1480. The summed E-state index contributed by atoms with van der Waals surface area (Å²) in [6.07, 6.45) is 26.5. The first kappa shape index (κ1) is 51.4. The highest BCUT2D eigenvalue weighted by molar-refractivity contribution is 7.52. The molecule has 2 rings (SSSR count). The summed E-state index contributed by atoms with van der Waals surface area (Å²) in [7, 11) is -7.71. The van der Waals surface area contributed by atoms with Crippen LogP contribution in [0.5, 0.6) is 0 Å². The van der Waals surface area contributed by atoms with Gasteiger partial charge in [-0.1, -0.05) is 153 Å². The van der Waals surface area contributed by atoms with Crippen molar-refractivity contribution in [3.63, 3.8) is 0 Å². The summed E-state index contributed by atoms with van der Waals surface area (Å²) in [5, 5.41) is 1.35. The van der Waals surface area contributed by atoms with Gasteiger partial charge < -0.3 is 29.0 Å². The molecule has 0 unspecified atom stereocenters. The Labute approximate surface area is 345 Å². The monoisotopic (exact) mass is 852 g/mol. The number of carbonyl (C=O) groups excluding carboxylic acids is 4. The first-order valence-electron chi connectivity index (χ1n) is 21.9. The first-order chi connectivity index (χ1) is 27.7. The smallest absolute Gasteiger partial charge is 0.345 e. The minimum atomic E-state index is -3.85. The van der Waals surface area contributed by atoms with E-state index in [0.717, 1.165) is 103 Å². The van der Waals surface area contributed by atoms with Crippen molar-refractivity contribution in [1.29, 1.82) is 0 Å². The van der Waals surface area contributed by atoms with Gasteiger partial charge in [0.1, 0.15) is 0 Å². The summed E-state index contributed by atoms with van der Waals surface area (Å²) in [4.78, 5) is 85.4. The van der Waals surface area contributed by atoms with E-state index in [0.29, 0.717) is 36.5 Å². The van der Waals surface area contributed by atoms with Crippen molar-refractivity contribution in [2.24, 2.45) is 0 Å². The van der Waals surface area contributed by atoms with E-state index in [1.807, 2.05) is 0 Å². The van der Waals surface area contributed by atoms with Crippen molar-refractivity contribution in [2.75, 3.05) is 12.3 Å². The highest BCUT2D eigenvalue weighted by Gasteiger charge is 2.17. The zero-order valence-electron chi connectivity index (χ0n) is 34.6. The molecule has 0 fully saturated rings. The van der Waals surface area contributed by atoms with Gasteiger partial charge in [-0.05, 0) is 60.7 Å². The van der Waals surface area contributed by atoms with Crippen molar-refractivity contribution in [3.8, 4) is 0 Å². The second-order valence-electron chi connectivity index (χ2n) is 15.8. The van der Waals surface area contributed by atoms with Gasteiger partial charge in [-0.15, -0.1) is 0 Å². The quantitative estimate of drug-likeness (QED) is 0.0225. The molecular weight excluding hydrogens is 782 g/mol. The maximum Gasteiger partial charge on any atom is 0.345 e. The van der Waals surface area contributed by atoms with E-state index < -0.39 is 39.1 Å². The number of esters is 4. The third kappa shape index (κ3) is 27.1. The van der Waals surface area contributed by atoms with Crippen LogP contribution in [-0.2, 0) is 28.2 Å². The minimum absolute atomic E-state index is 0.0136. The van der Waals surface area contributed by atoms with E-state index in [2.05, 4.69) is 0 Å². The molecule has 0 bridgehead atoms. The fraction of sp³-hybridized carbons (Fsp3) is 0.682. The van der Waals surface area contributed by atoms with Gasteiger partial charge in [0.2, 0.25) is 0 Å². The number of ether oxygens (including phenoxy) is 2. The third-order valence-electron chi connectivity index (χ3n) is 10.4. The zero-order valence-corrected chi connectivity index (χ0v) is 36.4. The van der Waals surface area contributed by atoms with Gasteiger partial charge in [-0.2, -0.15) is 0 Å². The standard InChI is InChI=1S/C44H70O12P2/c45-41(27-23-19-15-11-7-3-1-5-9-13-17-21-25-33-57(49,50)51)55-43(47)39-31-29-38-36-40(32-30-37(38)35-39)44(48)56-42(46)28-24-20-16-12-8-4-2-6-10-14-18-22-26-34-58(52,53)54/h29-32,35-36H,1-28,33-34H2,(H2,49,50,51)(H2,52,53,54). The van der Waals surface area contributed by atoms with E-state index in [4.69, 9.17) is 29.0 Å². The van der Waals surface area contributed by atoms with Crippen LogP contribution in [-0.4, -0.2) is 55.8 Å². The van der Waals surface area contributed by atoms with E-state index in [9.17, 15) is 28.3 Å². The summed E-state index contributed by atoms with van der Waals surface area (Å²) < 4.78 is 31.8. The molecule has 0 aliphatic heterocycles. The Kier molecular flexibility index (Phi) is 26.9. The topological polar surface area (TPSA) is 202 Å². The molecule has 58 heavy (non-hydrogen) atoms. The number of hydrogen-bond acceptors (Lipinski definition) is 8. The molecule has 0 heterocycles. The van der Waals surface area contributed by atoms with Crippen LogP contribution in [0.25, 0.3) is 10.8 Å². The number of benzene rings is 2. The first-order valence-corrected chi connectivity index (χ1v) is 25.5. The minimum Gasteiger partial charge on any atom is -0.389 e. The van der Waals surface area contributed by atoms with Crippen molar-refractivity contribution in [3.05, 3.63) is 47.5 Å². The van der Waals surface area contributed by atoms with Crippen molar-refractivity contribution >= 4 is 49.8 Å². The summed E-state index contributed by atoms with van der Waals surface area (Å²) in [5.74, 6) is -2.55. The molecule has 2 aromatic carbocycles. The molecule has 0 atom stereocenters. The summed E-state index contributed by atoms with van der Waals surface area (Å²) in [5.41, 5.74) is 0.461. The molecule has 0 aliphatic carbocycles. The molecule has 12 nitrogen and oxygen atoms in total. The normalized spacial score (nSPS) is 11.9. The van der Waals surface area contributed by atoms with Gasteiger partial charge >= 0.3 is 39.1 Å². The Morgan fingerprint density at radius 3 is 0.879 bits per heavy atom. The van der Waals surface area contributed by atoms with Crippen molar-refractivity contribution in [1.82, 2.24) is 0 Å². The van der Waals surface area contributed by atoms with Crippen molar-refractivity contribution < 1.29 is 57.4 Å². The molecule has 0 amide bonds. The SMILES string of the molecule is O=C(CCCCCCCCCCCCCCCP(=O)(O)O)OC(=O)c1ccc2cc(C(=O)OC(=O)CCCCCCCCCCCCCCCP(=O)(O)O)ccc2c1. The molecule has 2 aromatic rings. The highest BCUT2D eigenvalue weighted by atomic mass is 31.2. The van der Waals surface area contributed by atoms with E-state index in [1.54, 1.807) is 36.4 Å². The Hall–Kier alpha value is -2.72. The largest absolute Gasteiger partial charge is 0.389 e. The van der Waals surface area contributed by atoms with Crippen LogP contribution in [0.2, 0.25) is 0 Å². The summed E-state index contributed by atoms with van der Waals surface area (Å²) in [6.45, 7) is 0. The average molecular weight is 853 g/mol.